The zero-order chi connectivity index (χ0) is 12.2. The molecule has 1 aromatic heterocycles. The fourth-order valence-electron chi connectivity index (χ4n) is 1.55. The van der Waals surface area contributed by atoms with Gasteiger partial charge in [-0.1, -0.05) is 20.8 Å². The minimum atomic E-state index is 0.0483. The van der Waals surface area contributed by atoms with E-state index in [0.29, 0.717) is 17.9 Å². The van der Waals surface area contributed by atoms with Gasteiger partial charge in [0.1, 0.15) is 5.82 Å². The molecule has 0 spiro atoms. The summed E-state index contributed by atoms with van der Waals surface area (Å²) in [6.45, 7) is 6.53. The SMILES string of the molecule is CC(C)(C)C(CCO)Nc1ncccc1N. The minimum absolute atomic E-state index is 0.0483. The van der Waals surface area contributed by atoms with E-state index in [1.807, 2.05) is 6.07 Å². The van der Waals surface area contributed by atoms with Crippen LogP contribution in [-0.2, 0) is 0 Å². The fraction of sp³-hybridized carbons (Fsp3) is 0.583. The van der Waals surface area contributed by atoms with Crippen molar-refractivity contribution in [3.63, 3.8) is 0 Å². The molecule has 0 bridgehead atoms. The van der Waals surface area contributed by atoms with Gasteiger partial charge in [-0.2, -0.15) is 0 Å². The lowest BCUT2D eigenvalue weighted by molar-refractivity contribution is 0.235. The summed E-state index contributed by atoms with van der Waals surface area (Å²) in [5.74, 6) is 0.691. The number of aliphatic hydroxyl groups is 1. The van der Waals surface area contributed by atoms with Crippen LogP contribution in [0.5, 0.6) is 0 Å². The maximum absolute atomic E-state index is 9.06. The van der Waals surface area contributed by atoms with E-state index >= 15 is 0 Å². The second kappa shape index (κ2) is 5.16. The van der Waals surface area contributed by atoms with Crippen LogP contribution in [-0.4, -0.2) is 22.7 Å². The van der Waals surface area contributed by atoms with Gasteiger partial charge in [-0.25, -0.2) is 4.98 Å². The zero-order valence-electron chi connectivity index (χ0n) is 10.2. The molecule has 0 radical (unpaired) electrons. The summed E-state index contributed by atoms with van der Waals surface area (Å²) in [6.07, 6.45) is 2.39. The van der Waals surface area contributed by atoms with Crippen molar-refractivity contribution >= 4 is 11.5 Å². The van der Waals surface area contributed by atoms with Gasteiger partial charge < -0.3 is 16.2 Å². The molecule has 4 nitrogen and oxygen atoms in total. The number of pyridine rings is 1. The Morgan fingerprint density at radius 3 is 2.69 bits per heavy atom. The van der Waals surface area contributed by atoms with E-state index in [0.717, 1.165) is 0 Å². The average Bonchev–Trinajstić information content (AvgIpc) is 2.19. The number of aliphatic hydroxyl groups excluding tert-OH is 1. The first kappa shape index (κ1) is 12.8. The largest absolute Gasteiger partial charge is 0.396 e. The molecule has 4 heteroatoms. The second-order valence-corrected chi connectivity index (χ2v) is 5.02. The molecule has 1 heterocycles. The van der Waals surface area contributed by atoms with Crippen molar-refractivity contribution in [3.05, 3.63) is 18.3 Å². The van der Waals surface area contributed by atoms with Crippen molar-refractivity contribution < 1.29 is 5.11 Å². The number of hydrogen-bond donors (Lipinski definition) is 3. The molecular weight excluding hydrogens is 202 g/mol. The average molecular weight is 223 g/mol. The Balaban J connectivity index is 2.80. The predicted molar refractivity (Wildman–Crippen MR) is 67.2 cm³/mol. The molecule has 0 saturated heterocycles. The van der Waals surface area contributed by atoms with E-state index in [1.165, 1.54) is 0 Å². The summed E-state index contributed by atoms with van der Waals surface area (Å²) >= 11 is 0. The van der Waals surface area contributed by atoms with Crippen LogP contribution < -0.4 is 11.1 Å². The fourth-order valence-corrected chi connectivity index (χ4v) is 1.55. The van der Waals surface area contributed by atoms with E-state index < -0.39 is 0 Å². The lowest BCUT2D eigenvalue weighted by Crippen LogP contribution is -2.35. The summed E-state index contributed by atoms with van der Waals surface area (Å²) in [5, 5.41) is 12.3. The number of nitrogens with zero attached hydrogens (tertiary/aromatic N) is 1. The van der Waals surface area contributed by atoms with E-state index in [1.54, 1.807) is 12.3 Å². The molecule has 1 rings (SSSR count). The molecule has 90 valence electrons. The first-order valence-corrected chi connectivity index (χ1v) is 5.53. The predicted octanol–water partition coefficient (Wildman–Crippen LogP) is 1.87. The van der Waals surface area contributed by atoms with Gasteiger partial charge in [-0.05, 0) is 24.0 Å². The van der Waals surface area contributed by atoms with Gasteiger partial charge in [0.2, 0.25) is 0 Å². The summed E-state index contributed by atoms with van der Waals surface area (Å²) in [7, 11) is 0. The molecule has 16 heavy (non-hydrogen) atoms. The van der Waals surface area contributed by atoms with E-state index in [2.05, 4.69) is 31.1 Å². The Labute approximate surface area is 96.9 Å². The smallest absolute Gasteiger partial charge is 0.149 e. The molecule has 4 N–H and O–H groups in total. The van der Waals surface area contributed by atoms with Crippen LogP contribution in [0.25, 0.3) is 0 Å². The standard InChI is InChI=1S/C12H21N3O/c1-12(2,3)10(6-8-16)15-11-9(13)5-4-7-14-11/h4-5,7,10,16H,6,8,13H2,1-3H3,(H,14,15). The third-order valence-corrected chi connectivity index (χ3v) is 2.61. The third kappa shape index (κ3) is 3.38. The van der Waals surface area contributed by atoms with Crippen molar-refractivity contribution in [3.8, 4) is 0 Å². The molecular formula is C12H21N3O. The summed E-state index contributed by atoms with van der Waals surface area (Å²) in [4.78, 5) is 4.20. The van der Waals surface area contributed by atoms with Crippen LogP contribution in [0.3, 0.4) is 0 Å². The van der Waals surface area contributed by atoms with Crippen molar-refractivity contribution in [2.24, 2.45) is 5.41 Å². The van der Waals surface area contributed by atoms with Crippen molar-refractivity contribution in [2.45, 2.75) is 33.2 Å². The minimum Gasteiger partial charge on any atom is -0.396 e. The highest BCUT2D eigenvalue weighted by Gasteiger charge is 2.24. The molecule has 0 aliphatic heterocycles. The Morgan fingerprint density at radius 2 is 2.19 bits per heavy atom. The molecule has 1 unspecified atom stereocenters. The number of hydrogen-bond acceptors (Lipinski definition) is 4. The maximum atomic E-state index is 9.06. The number of anilines is 2. The van der Waals surface area contributed by atoms with Crippen LogP contribution in [0.1, 0.15) is 27.2 Å². The van der Waals surface area contributed by atoms with Crippen LogP contribution in [0.2, 0.25) is 0 Å². The number of nitrogens with two attached hydrogens (primary N) is 1. The first-order valence-electron chi connectivity index (χ1n) is 5.53. The van der Waals surface area contributed by atoms with Crippen LogP contribution >= 0.6 is 0 Å². The lowest BCUT2D eigenvalue weighted by atomic mass is 9.85. The van der Waals surface area contributed by atoms with E-state index in [-0.39, 0.29) is 18.1 Å². The highest BCUT2D eigenvalue weighted by Crippen LogP contribution is 2.26. The monoisotopic (exact) mass is 223 g/mol. The topological polar surface area (TPSA) is 71.2 Å². The van der Waals surface area contributed by atoms with Crippen LogP contribution in [0, 0.1) is 5.41 Å². The number of nitrogen functional groups attached to an aromatic ring is 1. The van der Waals surface area contributed by atoms with E-state index in [4.69, 9.17) is 10.8 Å². The van der Waals surface area contributed by atoms with Crippen molar-refractivity contribution in [1.82, 2.24) is 4.98 Å². The lowest BCUT2D eigenvalue weighted by Gasteiger charge is -2.31. The Morgan fingerprint density at radius 1 is 1.50 bits per heavy atom. The molecule has 1 aromatic rings. The summed E-state index contributed by atoms with van der Waals surface area (Å²) in [6, 6.07) is 3.77. The number of aromatic nitrogens is 1. The van der Waals surface area contributed by atoms with Gasteiger partial charge in [0.15, 0.2) is 0 Å². The maximum Gasteiger partial charge on any atom is 0.149 e. The second-order valence-electron chi connectivity index (χ2n) is 5.02. The third-order valence-electron chi connectivity index (χ3n) is 2.61. The van der Waals surface area contributed by atoms with Crippen molar-refractivity contribution in [2.75, 3.05) is 17.7 Å². The van der Waals surface area contributed by atoms with Gasteiger partial charge >= 0.3 is 0 Å². The summed E-state index contributed by atoms with van der Waals surface area (Å²) < 4.78 is 0. The molecule has 1 atom stereocenters. The van der Waals surface area contributed by atoms with Crippen LogP contribution in [0.4, 0.5) is 11.5 Å². The highest BCUT2D eigenvalue weighted by molar-refractivity contribution is 5.60. The summed E-state index contributed by atoms with van der Waals surface area (Å²) in [5.41, 5.74) is 6.50. The van der Waals surface area contributed by atoms with Gasteiger partial charge in [0.25, 0.3) is 0 Å². The van der Waals surface area contributed by atoms with Gasteiger partial charge in [-0.3, -0.25) is 0 Å². The Bertz CT molecular complexity index is 333. The van der Waals surface area contributed by atoms with E-state index in [9.17, 15) is 0 Å². The van der Waals surface area contributed by atoms with Gasteiger partial charge in [0.05, 0.1) is 5.69 Å². The molecule has 0 fully saturated rings. The molecule has 0 aliphatic rings. The van der Waals surface area contributed by atoms with Crippen molar-refractivity contribution in [1.29, 1.82) is 0 Å². The zero-order valence-corrected chi connectivity index (χ0v) is 10.2. The normalized spacial score (nSPS) is 13.5. The number of rotatable bonds is 4. The Hall–Kier alpha value is -1.29. The Kier molecular flexibility index (Phi) is 4.12. The van der Waals surface area contributed by atoms with Crippen LogP contribution in [0.15, 0.2) is 18.3 Å². The molecule has 0 aliphatic carbocycles. The highest BCUT2D eigenvalue weighted by atomic mass is 16.3. The van der Waals surface area contributed by atoms with Gasteiger partial charge in [0, 0.05) is 18.8 Å². The number of nitrogens with one attached hydrogen (secondary N) is 1. The molecule has 0 amide bonds. The molecule has 0 saturated carbocycles. The van der Waals surface area contributed by atoms with Gasteiger partial charge in [-0.15, -0.1) is 0 Å². The first-order chi connectivity index (χ1) is 7.45. The molecule has 0 aromatic carbocycles. The quantitative estimate of drug-likeness (QED) is 0.728.